The minimum Gasteiger partial charge on any atom is -0.459 e. The Bertz CT molecular complexity index is 658. The van der Waals surface area contributed by atoms with E-state index in [2.05, 4.69) is 0 Å². The first-order valence-corrected chi connectivity index (χ1v) is 9.37. The van der Waals surface area contributed by atoms with Crippen LogP contribution in [0.2, 0.25) is 15.1 Å². The largest absolute Gasteiger partial charge is 0.459 e. The van der Waals surface area contributed by atoms with Gasteiger partial charge < -0.3 is 4.74 Å². The molecule has 0 heterocycles. The minimum absolute atomic E-state index is 0.157. The van der Waals surface area contributed by atoms with Gasteiger partial charge in [-0.2, -0.15) is 0 Å². The van der Waals surface area contributed by atoms with E-state index in [4.69, 9.17) is 50.2 Å². The first-order valence-electron chi connectivity index (χ1n) is 5.92. The molecule has 0 amide bonds. The summed E-state index contributed by atoms with van der Waals surface area (Å²) in [5.41, 5.74) is -0.312. The van der Waals surface area contributed by atoms with Gasteiger partial charge in [-0.1, -0.05) is 48.1 Å². The van der Waals surface area contributed by atoms with Crippen molar-refractivity contribution in [1.82, 2.24) is 0 Å². The van der Waals surface area contributed by atoms with Crippen molar-refractivity contribution < 1.29 is 17.9 Å². The predicted molar refractivity (Wildman–Crippen MR) is 84.3 cm³/mol. The van der Waals surface area contributed by atoms with Crippen LogP contribution in [0, 0.1) is 0 Å². The molecule has 1 atom stereocenters. The fraction of sp³-hybridized carbons (Fsp3) is 0.417. The molecule has 0 saturated carbocycles. The zero-order valence-electron chi connectivity index (χ0n) is 11.1. The normalized spacial score (nSPS) is 13.0. The number of hydrogen-bond acceptors (Lipinski definition) is 4. The second kappa shape index (κ2) is 7.38. The molecule has 0 aliphatic carbocycles. The first kappa shape index (κ1) is 18.8. The number of carbonyl (C=O) groups excluding carboxylic acids is 1. The van der Waals surface area contributed by atoms with Crippen LogP contribution in [-0.4, -0.2) is 20.5 Å². The van der Waals surface area contributed by atoms with Crippen LogP contribution in [-0.2, 0) is 13.8 Å². The van der Waals surface area contributed by atoms with Crippen molar-refractivity contribution in [3.63, 3.8) is 0 Å². The van der Waals surface area contributed by atoms with Gasteiger partial charge >= 0.3 is 5.97 Å². The Morgan fingerprint density at radius 1 is 1.29 bits per heavy atom. The van der Waals surface area contributed by atoms with Crippen molar-refractivity contribution in [3.05, 3.63) is 26.7 Å². The molecular formula is C12H12Cl4O4S. The lowest BCUT2D eigenvalue weighted by atomic mass is 10.2. The fourth-order valence-corrected chi connectivity index (χ4v) is 3.78. The molecule has 1 rings (SSSR count). The molecule has 0 bridgehead atoms. The van der Waals surface area contributed by atoms with Crippen LogP contribution >= 0.6 is 45.5 Å². The summed E-state index contributed by atoms with van der Waals surface area (Å²) in [6.07, 6.45) is 1.08. The second-order valence-electron chi connectivity index (χ2n) is 4.30. The average molecular weight is 394 g/mol. The van der Waals surface area contributed by atoms with Gasteiger partial charge in [0, 0.05) is 10.7 Å². The van der Waals surface area contributed by atoms with Crippen molar-refractivity contribution in [2.75, 3.05) is 0 Å². The van der Waals surface area contributed by atoms with E-state index in [1.165, 1.54) is 0 Å². The molecule has 0 aromatic heterocycles. The molecule has 0 radical (unpaired) electrons. The van der Waals surface area contributed by atoms with Gasteiger partial charge in [0.1, 0.15) is 4.90 Å². The Morgan fingerprint density at radius 2 is 1.86 bits per heavy atom. The van der Waals surface area contributed by atoms with E-state index in [9.17, 15) is 13.2 Å². The summed E-state index contributed by atoms with van der Waals surface area (Å²) in [4.78, 5) is 11.6. The third kappa shape index (κ3) is 4.63. The Morgan fingerprint density at radius 3 is 2.33 bits per heavy atom. The monoisotopic (exact) mass is 392 g/mol. The summed E-state index contributed by atoms with van der Waals surface area (Å²) in [5.74, 6) is -0.852. The summed E-state index contributed by atoms with van der Waals surface area (Å²) >= 11 is 17.7. The van der Waals surface area contributed by atoms with E-state index in [1.54, 1.807) is 6.92 Å². The maximum absolute atomic E-state index is 12.1. The maximum Gasteiger partial charge on any atom is 0.341 e. The molecule has 1 aromatic rings. The number of hydrogen-bond donors (Lipinski definition) is 0. The molecule has 21 heavy (non-hydrogen) atoms. The van der Waals surface area contributed by atoms with Gasteiger partial charge in [-0.25, -0.2) is 13.2 Å². The van der Waals surface area contributed by atoms with Crippen LogP contribution in [0.5, 0.6) is 0 Å². The minimum atomic E-state index is -4.18. The molecule has 9 heteroatoms. The highest BCUT2D eigenvalue weighted by Gasteiger charge is 2.27. The van der Waals surface area contributed by atoms with E-state index in [-0.39, 0.29) is 21.7 Å². The van der Waals surface area contributed by atoms with Crippen molar-refractivity contribution >= 4 is 60.5 Å². The van der Waals surface area contributed by atoms with Crippen LogP contribution < -0.4 is 0 Å². The smallest absolute Gasteiger partial charge is 0.341 e. The standard InChI is InChI=1S/C12H12Cl4O4S/c1-3-4-6(2)20-12(17)9-10(14)7(13)5-8(11(9)15)21(16,18)19/h5-6H,3-4H2,1-2H3. The number of benzene rings is 1. The lowest BCUT2D eigenvalue weighted by molar-refractivity contribution is 0.0323. The molecule has 1 unspecified atom stereocenters. The highest BCUT2D eigenvalue weighted by Crippen LogP contribution is 2.38. The molecule has 0 fully saturated rings. The van der Waals surface area contributed by atoms with Crippen LogP contribution in [0.25, 0.3) is 0 Å². The van der Waals surface area contributed by atoms with E-state index in [0.29, 0.717) is 6.42 Å². The van der Waals surface area contributed by atoms with Gasteiger partial charge in [0.2, 0.25) is 0 Å². The summed E-state index contributed by atoms with van der Waals surface area (Å²) in [6.45, 7) is 3.63. The topological polar surface area (TPSA) is 60.4 Å². The van der Waals surface area contributed by atoms with Gasteiger partial charge in [0.05, 0.1) is 26.7 Å². The molecular weight excluding hydrogens is 382 g/mol. The molecule has 0 aliphatic rings. The molecule has 0 saturated heterocycles. The predicted octanol–water partition coefficient (Wildman–Crippen LogP) is 4.92. The van der Waals surface area contributed by atoms with Crippen LogP contribution in [0.1, 0.15) is 37.0 Å². The third-order valence-corrected chi connectivity index (χ3v) is 5.23. The summed E-state index contributed by atoms with van der Waals surface area (Å²) in [5, 5.41) is -0.747. The zero-order chi connectivity index (χ0) is 16.4. The van der Waals surface area contributed by atoms with Gasteiger partial charge in [-0.15, -0.1) is 0 Å². The Labute approximate surface area is 142 Å². The third-order valence-electron chi connectivity index (χ3n) is 2.59. The van der Waals surface area contributed by atoms with Crippen LogP contribution in [0.3, 0.4) is 0 Å². The number of carbonyl (C=O) groups is 1. The number of esters is 1. The Kier molecular flexibility index (Phi) is 6.62. The zero-order valence-corrected chi connectivity index (χ0v) is 15.0. The van der Waals surface area contributed by atoms with E-state index in [1.807, 2.05) is 6.92 Å². The lowest BCUT2D eigenvalue weighted by Gasteiger charge is -2.15. The quantitative estimate of drug-likeness (QED) is 0.404. The van der Waals surface area contributed by atoms with E-state index in [0.717, 1.165) is 12.5 Å². The maximum atomic E-state index is 12.1. The van der Waals surface area contributed by atoms with Gasteiger partial charge in [0.25, 0.3) is 9.05 Å². The van der Waals surface area contributed by atoms with Gasteiger partial charge in [-0.3, -0.25) is 0 Å². The van der Waals surface area contributed by atoms with Gasteiger partial charge in [0.15, 0.2) is 0 Å². The van der Waals surface area contributed by atoms with Crippen LogP contribution in [0.4, 0.5) is 0 Å². The second-order valence-corrected chi connectivity index (χ2v) is 8.00. The average Bonchev–Trinajstić information content (AvgIpc) is 2.32. The molecule has 1 aromatic carbocycles. The highest BCUT2D eigenvalue weighted by molar-refractivity contribution is 8.13. The molecule has 4 nitrogen and oxygen atoms in total. The van der Waals surface area contributed by atoms with Crippen molar-refractivity contribution in [2.24, 2.45) is 0 Å². The van der Waals surface area contributed by atoms with Crippen LogP contribution in [0.15, 0.2) is 11.0 Å². The number of rotatable bonds is 5. The van der Waals surface area contributed by atoms with E-state index >= 15 is 0 Å². The molecule has 0 aliphatic heterocycles. The summed E-state index contributed by atoms with van der Waals surface area (Å²) < 4.78 is 28.0. The van der Waals surface area contributed by atoms with Crippen molar-refractivity contribution in [2.45, 2.75) is 37.7 Å². The Hall–Kier alpha value is -0.200. The highest BCUT2D eigenvalue weighted by atomic mass is 35.7. The van der Waals surface area contributed by atoms with Crippen molar-refractivity contribution in [1.29, 1.82) is 0 Å². The number of halogens is 4. The summed E-state index contributed by atoms with van der Waals surface area (Å²) in [6, 6.07) is 0.987. The number of ether oxygens (including phenoxy) is 1. The SMILES string of the molecule is CCCC(C)OC(=O)c1c(Cl)c(Cl)cc(S(=O)(=O)Cl)c1Cl. The van der Waals surface area contributed by atoms with E-state index < -0.39 is 24.9 Å². The summed E-state index contributed by atoms with van der Waals surface area (Å²) in [7, 11) is 1.08. The molecule has 118 valence electrons. The Balaban J connectivity index is 3.36. The molecule has 0 spiro atoms. The van der Waals surface area contributed by atoms with Gasteiger partial charge in [-0.05, 0) is 19.4 Å². The molecule has 0 N–H and O–H groups in total. The fourth-order valence-electron chi connectivity index (χ4n) is 1.64. The lowest BCUT2D eigenvalue weighted by Crippen LogP contribution is -2.16. The van der Waals surface area contributed by atoms with Crippen molar-refractivity contribution in [3.8, 4) is 0 Å². The first-order chi connectivity index (χ1) is 9.59.